The highest BCUT2D eigenvalue weighted by atomic mass is 16.5. The number of methoxy groups -OCH3 is 4. The molecule has 1 heterocycles. The molecule has 0 amide bonds. The third-order valence-electron chi connectivity index (χ3n) is 4.06. The molecule has 2 aromatic carbocycles. The molecule has 0 saturated heterocycles. The predicted octanol–water partition coefficient (Wildman–Crippen LogP) is 3.31. The normalized spacial score (nSPS) is 9.47. The van der Waals surface area contributed by atoms with Gasteiger partial charge in [0.05, 0.1) is 40.8 Å². The van der Waals surface area contributed by atoms with Crippen LogP contribution in [0.2, 0.25) is 0 Å². The Labute approximate surface area is 175 Å². The van der Waals surface area contributed by atoms with Crippen molar-refractivity contribution in [2.45, 2.75) is 0 Å². The summed E-state index contributed by atoms with van der Waals surface area (Å²) in [7, 11) is 6.30. The Morgan fingerprint density at radius 3 is 1.70 bits per heavy atom. The molecule has 30 heavy (non-hydrogen) atoms. The van der Waals surface area contributed by atoms with Gasteiger partial charge in [0, 0.05) is 11.1 Å². The second kappa shape index (κ2) is 9.86. The van der Waals surface area contributed by atoms with E-state index in [1.54, 1.807) is 53.0 Å². The van der Waals surface area contributed by atoms with Crippen LogP contribution in [0, 0.1) is 23.7 Å². The van der Waals surface area contributed by atoms with E-state index in [2.05, 4.69) is 33.6 Å². The lowest BCUT2D eigenvalue weighted by Crippen LogP contribution is -1.96. The quantitative estimate of drug-likeness (QED) is 0.626. The predicted molar refractivity (Wildman–Crippen MR) is 113 cm³/mol. The summed E-state index contributed by atoms with van der Waals surface area (Å²) in [5.74, 6) is 14.5. The molecular formula is C24H20N2O4. The fraction of sp³-hybridized carbons (Fsp3) is 0.167. The molecule has 3 aromatic rings. The van der Waals surface area contributed by atoms with E-state index in [-0.39, 0.29) is 0 Å². The lowest BCUT2D eigenvalue weighted by atomic mass is 10.2. The number of aromatic nitrogens is 2. The molecule has 0 radical (unpaired) electrons. The van der Waals surface area contributed by atoms with Crippen LogP contribution >= 0.6 is 0 Å². The van der Waals surface area contributed by atoms with Gasteiger partial charge in [0.1, 0.15) is 17.1 Å². The van der Waals surface area contributed by atoms with Crippen LogP contribution in [-0.4, -0.2) is 38.4 Å². The maximum Gasteiger partial charge on any atom is 0.203 e. The van der Waals surface area contributed by atoms with Crippen molar-refractivity contribution in [1.29, 1.82) is 0 Å². The molecule has 0 atom stereocenters. The van der Waals surface area contributed by atoms with Gasteiger partial charge in [-0.1, -0.05) is 11.8 Å². The van der Waals surface area contributed by atoms with E-state index in [4.69, 9.17) is 18.9 Å². The number of benzene rings is 2. The Morgan fingerprint density at radius 1 is 0.633 bits per heavy atom. The van der Waals surface area contributed by atoms with E-state index < -0.39 is 0 Å². The number of ether oxygens (including phenoxy) is 4. The first-order chi connectivity index (χ1) is 14.7. The Bertz CT molecular complexity index is 1120. The van der Waals surface area contributed by atoms with Gasteiger partial charge in [0.25, 0.3) is 0 Å². The van der Waals surface area contributed by atoms with Crippen molar-refractivity contribution < 1.29 is 18.9 Å². The summed E-state index contributed by atoms with van der Waals surface area (Å²) in [4.78, 5) is 8.61. The van der Waals surface area contributed by atoms with Crippen molar-refractivity contribution in [3.05, 3.63) is 71.3 Å². The molecule has 0 unspecified atom stereocenters. The monoisotopic (exact) mass is 400 g/mol. The Kier molecular flexibility index (Phi) is 6.76. The summed E-state index contributed by atoms with van der Waals surface area (Å²) in [6.07, 6.45) is 3.19. The summed E-state index contributed by atoms with van der Waals surface area (Å²) >= 11 is 0. The van der Waals surface area contributed by atoms with E-state index in [9.17, 15) is 0 Å². The summed E-state index contributed by atoms with van der Waals surface area (Å²) in [6.45, 7) is 0. The van der Waals surface area contributed by atoms with Crippen LogP contribution in [0.5, 0.6) is 23.0 Å². The van der Waals surface area contributed by atoms with Crippen molar-refractivity contribution >= 4 is 0 Å². The maximum atomic E-state index is 5.35. The van der Waals surface area contributed by atoms with Crippen LogP contribution in [0.25, 0.3) is 0 Å². The number of hydrogen-bond donors (Lipinski definition) is 0. The van der Waals surface area contributed by atoms with Crippen LogP contribution in [0.1, 0.15) is 22.5 Å². The third kappa shape index (κ3) is 5.01. The van der Waals surface area contributed by atoms with Crippen LogP contribution in [-0.2, 0) is 0 Å². The van der Waals surface area contributed by atoms with Crippen LogP contribution < -0.4 is 18.9 Å². The lowest BCUT2D eigenvalue weighted by molar-refractivity contribution is 0.324. The molecule has 6 heteroatoms. The van der Waals surface area contributed by atoms with E-state index in [1.165, 1.54) is 0 Å². The average Bonchev–Trinajstić information content (AvgIpc) is 2.81. The van der Waals surface area contributed by atoms with Crippen molar-refractivity contribution in [2.75, 3.05) is 28.4 Å². The van der Waals surface area contributed by atoms with Crippen molar-refractivity contribution in [3.63, 3.8) is 0 Å². The molecule has 0 aliphatic rings. The van der Waals surface area contributed by atoms with Crippen molar-refractivity contribution in [3.8, 4) is 46.7 Å². The van der Waals surface area contributed by atoms with E-state index in [1.807, 2.05) is 24.3 Å². The molecule has 0 N–H and O–H groups in total. The SMILES string of the molecule is COc1ccc(C#Cc2cncc(C#Cc3cc(OC)c(OC)c(OC)c3)n2)cc1. The van der Waals surface area contributed by atoms with E-state index >= 15 is 0 Å². The Balaban J connectivity index is 1.85. The minimum Gasteiger partial charge on any atom is -0.497 e. The largest absolute Gasteiger partial charge is 0.497 e. The molecule has 0 saturated carbocycles. The molecule has 3 rings (SSSR count). The summed E-state index contributed by atoms with van der Waals surface area (Å²) < 4.78 is 21.2. The summed E-state index contributed by atoms with van der Waals surface area (Å²) in [6, 6.07) is 11.0. The van der Waals surface area contributed by atoms with Gasteiger partial charge < -0.3 is 18.9 Å². The second-order valence-corrected chi connectivity index (χ2v) is 5.93. The number of nitrogens with zero attached hydrogens (tertiary/aromatic N) is 2. The highest BCUT2D eigenvalue weighted by Gasteiger charge is 2.12. The standard InChI is InChI=1S/C24H20N2O4/c1-27-21-11-7-17(8-12-21)5-9-19-15-25-16-20(26-19)10-6-18-13-22(28-2)24(30-4)23(14-18)29-3/h7-8,11-16H,1-4H3. The van der Waals surface area contributed by atoms with Crippen LogP contribution in [0.4, 0.5) is 0 Å². The molecule has 0 aliphatic carbocycles. The van der Waals surface area contributed by atoms with Crippen LogP contribution in [0.15, 0.2) is 48.8 Å². The molecule has 150 valence electrons. The van der Waals surface area contributed by atoms with Gasteiger partial charge in [-0.15, -0.1) is 0 Å². The molecule has 0 aliphatic heterocycles. The molecule has 0 bridgehead atoms. The van der Waals surface area contributed by atoms with Gasteiger partial charge in [-0.3, -0.25) is 4.98 Å². The molecule has 0 spiro atoms. The zero-order valence-electron chi connectivity index (χ0n) is 17.1. The van der Waals surface area contributed by atoms with Crippen molar-refractivity contribution in [1.82, 2.24) is 9.97 Å². The highest BCUT2D eigenvalue weighted by molar-refractivity contribution is 5.58. The van der Waals surface area contributed by atoms with Gasteiger partial charge >= 0.3 is 0 Å². The number of rotatable bonds is 4. The van der Waals surface area contributed by atoms with E-state index in [0.717, 1.165) is 11.3 Å². The zero-order chi connectivity index (χ0) is 21.3. The van der Waals surface area contributed by atoms with E-state index in [0.29, 0.717) is 34.2 Å². The zero-order valence-corrected chi connectivity index (χ0v) is 17.1. The van der Waals surface area contributed by atoms with Gasteiger partial charge in [0.15, 0.2) is 11.5 Å². The first-order valence-electron chi connectivity index (χ1n) is 8.97. The third-order valence-corrected chi connectivity index (χ3v) is 4.06. The minimum absolute atomic E-state index is 0.505. The minimum atomic E-state index is 0.505. The fourth-order valence-electron chi connectivity index (χ4n) is 2.59. The Morgan fingerprint density at radius 2 is 1.20 bits per heavy atom. The van der Waals surface area contributed by atoms with Gasteiger partial charge in [0.2, 0.25) is 5.75 Å². The number of hydrogen-bond acceptors (Lipinski definition) is 6. The molecule has 1 aromatic heterocycles. The summed E-state index contributed by atoms with van der Waals surface area (Å²) in [5.41, 5.74) is 2.58. The highest BCUT2D eigenvalue weighted by Crippen LogP contribution is 2.37. The first kappa shape index (κ1) is 20.6. The average molecular weight is 400 g/mol. The van der Waals surface area contributed by atoms with Gasteiger partial charge in [-0.25, -0.2) is 4.98 Å². The second-order valence-electron chi connectivity index (χ2n) is 5.93. The molecule has 0 fully saturated rings. The van der Waals surface area contributed by atoms with Gasteiger partial charge in [-0.05, 0) is 48.2 Å². The van der Waals surface area contributed by atoms with Crippen molar-refractivity contribution in [2.24, 2.45) is 0 Å². The maximum absolute atomic E-state index is 5.35. The molecule has 6 nitrogen and oxygen atoms in total. The molecular weight excluding hydrogens is 380 g/mol. The van der Waals surface area contributed by atoms with Gasteiger partial charge in [-0.2, -0.15) is 0 Å². The smallest absolute Gasteiger partial charge is 0.203 e. The summed E-state index contributed by atoms with van der Waals surface area (Å²) in [5, 5.41) is 0. The lowest BCUT2D eigenvalue weighted by Gasteiger charge is -2.12. The van der Waals surface area contributed by atoms with Crippen LogP contribution in [0.3, 0.4) is 0 Å². The topological polar surface area (TPSA) is 62.7 Å². The fourth-order valence-corrected chi connectivity index (χ4v) is 2.59. The Hall–Kier alpha value is -4.16. The first-order valence-corrected chi connectivity index (χ1v) is 8.97.